The van der Waals surface area contributed by atoms with Gasteiger partial charge in [0.1, 0.15) is 0 Å². The van der Waals surface area contributed by atoms with E-state index in [9.17, 15) is 0 Å². The summed E-state index contributed by atoms with van der Waals surface area (Å²) in [5.74, 6) is 0.488. The second kappa shape index (κ2) is 4.29. The summed E-state index contributed by atoms with van der Waals surface area (Å²) >= 11 is 5.11. The normalized spacial score (nSPS) is 11.4. The summed E-state index contributed by atoms with van der Waals surface area (Å²) in [7, 11) is 0. The highest BCUT2D eigenvalue weighted by molar-refractivity contribution is 9.10. The van der Waals surface area contributed by atoms with E-state index in [2.05, 4.69) is 32.0 Å². The molecular weight excluding hydrogens is 336 g/mol. The van der Waals surface area contributed by atoms with Crippen LogP contribution in [0.4, 0.5) is 5.95 Å². The van der Waals surface area contributed by atoms with E-state index in [0.29, 0.717) is 5.95 Å². The number of nitrogens with zero attached hydrogens (tertiary/aromatic N) is 3. The van der Waals surface area contributed by atoms with Crippen molar-refractivity contribution < 1.29 is 0 Å². The van der Waals surface area contributed by atoms with Gasteiger partial charge in [0.25, 0.3) is 0 Å². The van der Waals surface area contributed by atoms with E-state index in [-0.39, 0.29) is 0 Å². The molecular formula is C14H9BrN4S. The van der Waals surface area contributed by atoms with E-state index in [4.69, 9.17) is 5.73 Å². The first-order chi connectivity index (χ1) is 9.72. The minimum absolute atomic E-state index is 0.488. The first-order valence-electron chi connectivity index (χ1n) is 5.99. The fourth-order valence-electron chi connectivity index (χ4n) is 2.32. The van der Waals surface area contributed by atoms with Gasteiger partial charge in [-0.15, -0.1) is 11.3 Å². The number of hydrogen-bond acceptors (Lipinski definition) is 4. The second-order valence-electron chi connectivity index (χ2n) is 4.44. The number of nitrogens with two attached hydrogens (primary N) is 1. The summed E-state index contributed by atoms with van der Waals surface area (Å²) in [4.78, 5) is 8.70. The van der Waals surface area contributed by atoms with Gasteiger partial charge in [0.2, 0.25) is 5.95 Å². The monoisotopic (exact) mass is 344 g/mol. The molecule has 2 aromatic heterocycles. The molecule has 20 heavy (non-hydrogen) atoms. The van der Waals surface area contributed by atoms with Crippen molar-refractivity contribution in [2.75, 3.05) is 5.73 Å². The van der Waals surface area contributed by atoms with E-state index in [1.165, 1.54) is 0 Å². The predicted molar refractivity (Wildman–Crippen MR) is 86.4 cm³/mol. The average molecular weight is 345 g/mol. The van der Waals surface area contributed by atoms with Crippen molar-refractivity contribution in [1.82, 2.24) is 14.5 Å². The Morgan fingerprint density at radius 2 is 1.95 bits per heavy atom. The largest absolute Gasteiger partial charge is 0.369 e. The van der Waals surface area contributed by atoms with Gasteiger partial charge in [0.05, 0.1) is 32.4 Å². The van der Waals surface area contributed by atoms with Crippen LogP contribution in [0.15, 0.2) is 46.4 Å². The maximum absolute atomic E-state index is 6.08. The van der Waals surface area contributed by atoms with Crippen molar-refractivity contribution in [3.8, 4) is 5.69 Å². The van der Waals surface area contributed by atoms with Gasteiger partial charge in [-0.2, -0.15) is 0 Å². The minimum Gasteiger partial charge on any atom is -0.369 e. The molecule has 4 rings (SSSR count). The van der Waals surface area contributed by atoms with E-state index in [0.717, 1.165) is 31.4 Å². The molecule has 0 radical (unpaired) electrons. The third-order valence-electron chi connectivity index (χ3n) is 3.22. The van der Waals surface area contributed by atoms with Gasteiger partial charge in [-0.05, 0) is 36.4 Å². The molecule has 0 atom stereocenters. The number of anilines is 1. The lowest BCUT2D eigenvalue weighted by molar-refractivity contribution is 1.11. The number of thiazole rings is 1. The Hall–Kier alpha value is -1.92. The van der Waals surface area contributed by atoms with Crippen LogP contribution in [0.25, 0.3) is 26.9 Å². The number of hydrogen-bond donors (Lipinski definition) is 1. The number of imidazole rings is 1. The molecule has 0 aliphatic heterocycles. The molecule has 0 saturated heterocycles. The third kappa shape index (κ3) is 1.72. The zero-order chi connectivity index (χ0) is 13.7. The fraction of sp³-hybridized carbons (Fsp3) is 0. The minimum atomic E-state index is 0.488. The van der Waals surface area contributed by atoms with Gasteiger partial charge in [-0.3, -0.25) is 4.57 Å². The zero-order valence-corrected chi connectivity index (χ0v) is 12.6. The Kier molecular flexibility index (Phi) is 2.55. The molecule has 0 bridgehead atoms. The van der Waals surface area contributed by atoms with Crippen molar-refractivity contribution in [1.29, 1.82) is 0 Å². The first kappa shape index (κ1) is 11.9. The molecule has 6 heteroatoms. The van der Waals surface area contributed by atoms with Crippen LogP contribution in [0.1, 0.15) is 0 Å². The molecule has 98 valence electrons. The lowest BCUT2D eigenvalue weighted by Gasteiger charge is -2.06. The maximum atomic E-state index is 6.08. The highest BCUT2D eigenvalue weighted by Gasteiger charge is 2.11. The van der Waals surface area contributed by atoms with Gasteiger partial charge in [0, 0.05) is 4.47 Å². The van der Waals surface area contributed by atoms with E-state index >= 15 is 0 Å². The predicted octanol–water partition coefficient (Wildman–Crippen LogP) is 3.98. The van der Waals surface area contributed by atoms with Crippen molar-refractivity contribution >= 4 is 54.5 Å². The lowest BCUT2D eigenvalue weighted by atomic mass is 10.2. The Balaban J connectivity index is 2.05. The molecule has 2 aromatic carbocycles. The summed E-state index contributed by atoms with van der Waals surface area (Å²) in [5.41, 5.74) is 11.8. The smallest absolute Gasteiger partial charge is 0.205 e. The molecule has 0 spiro atoms. The molecule has 0 aliphatic rings. The Morgan fingerprint density at radius 1 is 1.10 bits per heavy atom. The summed E-state index contributed by atoms with van der Waals surface area (Å²) in [5, 5.41) is 0. The van der Waals surface area contributed by atoms with Crippen molar-refractivity contribution in [2.24, 2.45) is 0 Å². The van der Waals surface area contributed by atoms with Crippen LogP contribution < -0.4 is 5.73 Å². The zero-order valence-electron chi connectivity index (χ0n) is 10.2. The molecule has 0 saturated carbocycles. The Labute approximate surface area is 127 Å². The molecule has 0 fully saturated rings. The SMILES string of the molecule is Nc1nc2ccc(Br)cc2n1-c1ccc2ncsc2c1. The van der Waals surface area contributed by atoms with Gasteiger partial charge >= 0.3 is 0 Å². The number of benzene rings is 2. The van der Waals surface area contributed by atoms with Crippen molar-refractivity contribution in [3.63, 3.8) is 0 Å². The number of nitrogen functional groups attached to an aromatic ring is 1. The van der Waals surface area contributed by atoms with Gasteiger partial charge < -0.3 is 5.73 Å². The number of aromatic nitrogens is 3. The number of halogens is 1. The van der Waals surface area contributed by atoms with E-state index in [1.54, 1.807) is 11.3 Å². The van der Waals surface area contributed by atoms with E-state index < -0.39 is 0 Å². The van der Waals surface area contributed by atoms with Crippen LogP contribution in [-0.4, -0.2) is 14.5 Å². The molecule has 4 nitrogen and oxygen atoms in total. The first-order valence-corrected chi connectivity index (χ1v) is 7.67. The van der Waals surface area contributed by atoms with E-state index in [1.807, 2.05) is 40.4 Å². The van der Waals surface area contributed by atoms with Crippen LogP contribution >= 0.6 is 27.3 Å². The van der Waals surface area contributed by atoms with Gasteiger partial charge in [-0.1, -0.05) is 15.9 Å². The molecule has 0 amide bonds. The lowest BCUT2D eigenvalue weighted by Crippen LogP contribution is -2.00. The van der Waals surface area contributed by atoms with Crippen LogP contribution in [0.2, 0.25) is 0 Å². The standard InChI is InChI=1S/C14H9BrN4S/c15-8-1-3-10-12(5-8)19(14(16)18-10)9-2-4-11-13(6-9)20-7-17-11/h1-7H,(H2,16,18). The third-order valence-corrected chi connectivity index (χ3v) is 4.50. The Morgan fingerprint density at radius 3 is 2.85 bits per heavy atom. The van der Waals surface area contributed by atoms with Gasteiger partial charge in [-0.25, -0.2) is 9.97 Å². The molecule has 2 heterocycles. The fourth-order valence-corrected chi connectivity index (χ4v) is 3.38. The summed E-state index contributed by atoms with van der Waals surface area (Å²) < 4.78 is 4.10. The number of fused-ring (bicyclic) bond motifs is 2. The highest BCUT2D eigenvalue weighted by atomic mass is 79.9. The molecule has 4 aromatic rings. The summed E-state index contributed by atoms with van der Waals surface area (Å²) in [6, 6.07) is 12.1. The highest BCUT2D eigenvalue weighted by Crippen LogP contribution is 2.28. The molecule has 0 unspecified atom stereocenters. The quantitative estimate of drug-likeness (QED) is 0.568. The van der Waals surface area contributed by atoms with Crippen molar-refractivity contribution in [3.05, 3.63) is 46.4 Å². The van der Waals surface area contributed by atoms with Crippen LogP contribution in [0.5, 0.6) is 0 Å². The summed E-state index contributed by atoms with van der Waals surface area (Å²) in [6.07, 6.45) is 0. The van der Waals surface area contributed by atoms with Crippen LogP contribution in [0.3, 0.4) is 0 Å². The number of rotatable bonds is 1. The van der Waals surface area contributed by atoms with Gasteiger partial charge in [0.15, 0.2) is 0 Å². The average Bonchev–Trinajstić information content (AvgIpc) is 3.00. The molecule has 0 aliphatic carbocycles. The summed E-state index contributed by atoms with van der Waals surface area (Å²) in [6.45, 7) is 0. The van der Waals surface area contributed by atoms with Crippen LogP contribution in [0, 0.1) is 0 Å². The topological polar surface area (TPSA) is 56.7 Å². The molecule has 2 N–H and O–H groups in total. The second-order valence-corrected chi connectivity index (χ2v) is 6.24. The van der Waals surface area contributed by atoms with Crippen LogP contribution in [-0.2, 0) is 0 Å². The maximum Gasteiger partial charge on any atom is 0.205 e. The van der Waals surface area contributed by atoms with Crippen molar-refractivity contribution in [2.45, 2.75) is 0 Å². The Bertz CT molecular complexity index is 941.